The monoisotopic (exact) mass is 362 g/mol. The van der Waals surface area contributed by atoms with E-state index < -0.39 is 12.5 Å². The lowest BCUT2D eigenvalue weighted by molar-refractivity contribution is 0.513. The van der Waals surface area contributed by atoms with Crippen molar-refractivity contribution in [2.45, 2.75) is 65.2 Å². The maximum atomic E-state index is 12.3. The Hall–Kier alpha value is 1.33. The molecule has 0 aromatic heterocycles. The molecule has 116 valence electrons. The highest BCUT2D eigenvalue weighted by atomic mass is 33.5. The van der Waals surface area contributed by atoms with E-state index in [4.69, 9.17) is 22.4 Å². The summed E-state index contributed by atoms with van der Waals surface area (Å²) in [7, 11) is 0. The third-order valence-corrected chi connectivity index (χ3v) is 18.9. The molecule has 7 heteroatoms. The Morgan fingerprint density at radius 3 is 2.05 bits per heavy atom. The van der Waals surface area contributed by atoms with Crippen LogP contribution in [0.5, 0.6) is 0 Å². The fraction of sp³-hybridized carbons (Fsp3) is 1.00. The molecule has 2 nitrogen and oxygen atoms in total. The molecular formula is C12H27O2PS4. The smallest absolute Gasteiger partial charge is 0.318 e. The molecule has 1 atom stereocenters. The Kier molecular flexibility index (Phi) is 11.7. The van der Waals surface area contributed by atoms with Gasteiger partial charge in [-0.25, -0.2) is 0 Å². The van der Waals surface area contributed by atoms with Crippen molar-refractivity contribution in [2.75, 3.05) is 11.5 Å². The van der Waals surface area contributed by atoms with Crippen LogP contribution in [0.2, 0.25) is 0 Å². The lowest BCUT2D eigenvalue weighted by atomic mass is 10.2. The first-order valence-electron chi connectivity index (χ1n) is 7.07. The normalized spacial score (nSPS) is 15.3. The first kappa shape index (κ1) is 20.3. The van der Waals surface area contributed by atoms with Crippen molar-refractivity contribution in [3.05, 3.63) is 0 Å². The quantitative estimate of drug-likeness (QED) is 0.388. The van der Waals surface area contributed by atoms with Crippen LogP contribution < -0.4 is 0 Å². The lowest BCUT2D eigenvalue weighted by Gasteiger charge is -2.17. The van der Waals surface area contributed by atoms with Crippen molar-refractivity contribution in [1.82, 2.24) is 0 Å². The average molecular weight is 363 g/mol. The Morgan fingerprint density at radius 1 is 1.00 bits per heavy atom. The van der Waals surface area contributed by atoms with Gasteiger partial charge in [-0.05, 0) is 42.0 Å². The van der Waals surface area contributed by atoms with Gasteiger partial charge in [0.2, 0.25) is 0 Å². The molecule has 0 spiro atoms. The molecule has 0 rings (SSSR count). The van der Waals surface area contributed by atoms with Crippen molar-refractivity contribution in [1.29, 1.82) is 0 Å². The minimum atomic E-state index is -3.36. The van der Waals surface area contributed by atoms with Crippen molar-refractivity contribution in [3.63, 3.8) is 0 Å². The van der Waals surface area contributed by atoms with E-state index in [9.17, 15) is 9.46 Å². The maximum absolute atomic E-state index is 12.3. The molecule has 0 heterocycles. The first-order valence-corrected chi connectivity index (χ1v) is 14.6. The molecule has 0 aromatic carbocycles. The fourth-order valence-corrected chi connectivity index (χ4v) is 11.6. The van der Waals surface area contributed by atoms with Gasteiger partial charge in [-0.15, -0.1) is 0 Å². The number of unbranched alkanes of at least 4 members (excludes halogenated alkanes) is 6. The van der Waals surface area contributed by atoms with Crippen LogP contribution in [0.1, 0.15) is 65.2 Å². The third kappa shape index (κ3) is 9.05. The van der Waals surface area contributed by atoms with E-state index in [-0.39, 0.29) is 0 Å². The summed E-state index contributed by atoms with van der Waals surface area (Å²) in [6, 6.07) is 0. The standard InChI is InChI=1S/C12H27O2PS4/c1-3-5-7-9-11-18-15(13,14)19(16,17)12-10-8-6-4-2/h3-12H2,1-2H3,(H,13,14). The topological polar surface area (TPSA) is 37.3 Å². The van der Waals surface area contributed by atoms with Gasteiger partial charge in [-0.3, -0.25) is 4.57 Å². The molecule has 0 fully saturated rings. The average Bonchev–Trinajstić information content (AvgIpc) is 2.34. The molecule has 1 unspecified atom stereocenters. The van der Waals surface area contributed by atoms with Crippen LogP contribution in [0.4, 0.5) is 0 Å². The first-order chi connectivity index (χ1) is 8.87. The van der Waals surface area contributed by atoms with Crippen molar-refractivity contribution >= 4 is 46.3 Å². The van der Waals surface area contributed by atoms with Gasteiger partial charge in [0.05, 0.1) is 0 Å². The summed E-state index contributed by atoms with van der Waals surface area (Å²) >= 11 is 11.7. The number of rotatable bonds is 12. The molecular weight excluding hydrogens is 335 g/mol. The largest absolute Gasteiger partial charge is 0.329 e. The fourth-order valence-electron chi connectivity index (χ4n) is 1.62. The van der Waals surface area contributed by atoms with E-state index in [0.29, 0.717) is 11.5 Å². The van der Waals surface area contributed by atoms with Crippen LogP contribution in [0.3, 0.4) is 0 Å². The van der Waals surface area contributed by atoms with Crippen LogP contribution in [0, 0.1) is 0 Å². The van der Waals surface area contributed by atoms with Gasteiger partial charge in [0.15, 0.2) is 0 Å². The zero-order valence-electron chi connectivity index (χ0n) is 12.0. The summed E-state index contributed by atoms with van der Waals surface area (Å²) in [6.07, 6.45) is 8.75. The van der Waals surface area contributed by atoms with Crippen LogP contribution in [-0.2, 0) is 33.7 Å². The van der Waals surface area contributed by atoms with Crippen LogP contribution in [0.25, 0.3) is 0 Å². The molecule has 0 aliphatic carbocycles. The van der Waals surface area contributed by atoms with E-state index in [1.165, 1.54) is 12.8 Å². The molecule has 0 aromatic rings. The summed E-state index contributed by atoms with van der Waals surface area (Å²) in [6.45, 7) is 2.11. The molecule has 0 amide bonds. The molecule has 0 radical (unpaired) electrons. The molecule has 0 bridgehead atoms. The van der Waals surface area contributed by atoms with Gasteiger partial charge in [-0.1, -0.05) is 63.8 Å². The zero-order chi connectivity index (χ0) is 14.8. The van der Waals surface area contributed by atoms with E-state index in [1.807, 2.05) is 0 Å². The molecule has 1 N–H and O–H groups in total. The summed E-state index contributed by atoms with van der Waals surface area (Å²) in [4.78, 5) is 10.1. The third-order valence-electron chi connectivity index (χ3n) is 2.86. The van der Waals surface area contributed by atoms with Gasteiger partial charge in [0.1, 0.15) is 0 Å². The van der Waals surface area contributed by atoms with Gasteiger partial charge in [0, 0.05) is 11.5 Å². The molecule has 0 aliphatic rings. The molecule has 0 saturated carbocycles. The second kappa shape index (κ2) is 11.0. The van der Waals surface area contributed by atoms with Gasteiger partial charge < -0.3 is 4.89 Å². The highest BCUT2D eigenvalue weighted by Gasteiger charge is 2.28. The van der Waals surface area contributed by atoms with Gasteiger partial charge >= 0.3 is 5.77 Å². The van der Waals surface area contributed by atoms with Crippen molar-refractivity contribution in [2.24, 2.45) is 0 Å². The SMILES string of the molecule is CCCCCCSP(=O)(O)S(=S)(=S)CCCCCC. The summed E-state index contributed by atoms with van der Waals surface area (Å²) in [5, 5.41) is 0. The Labute approximate surface area is 132 Å². The molecule has 19 heavy (non-hydrogen) atoms. The Morgan fingerprint density at radius 2 is 1.53 bits per heavy atom. The van der Waals surface area contributed by atoms with Crippen molar-refractivity contribution in [3.8, 4) is 0 Å². The summed E-state index contributed by atoms with van der Waals surface area (Å²) in [5.41, 5.74) is 0. The van der Waals surface area contributed by atoms with E-state index in [1.54, 1.807) is 0 Å². The Bertz CT molecular complexity index is 368. The van der Waals surface area contributed by atoms with Crippen LogP contribution in [-0.4, -0.2) is 16.4 Å². The van der Waals surface area contributed by atoms with Crippen molar-refractivity contribution < 1.29 is 9.46 Å². The summed E-state index contributed by atoms with van der Waals surface area (Å²) < 4.78 is 12.3. The maximum Gasteiger partial charge on any atom is 0.318 e. The van der Waals surface area contributed by atoms with E-state index in [0.717, 1.165) is 49.9 Å². The van der Waals surface area contributed by atoms with Crippen LogP contribution >= 0.6 is 17.2 Å². The number of hydrogen-bond acceptors (Lipinski definition) is 4. The Balaban J connectivity index is 4.10. The lowest BCUT2D eigenvalue weighted by Crippen LogP contribution is -2.02. The zero-order valence-corrected chi connectivity index (χ0v) is 16.2. The predicted molar refractivity (Wildman–Crippen MR) is 97.5 cm³/mol. The predicted octanol–water partition coefficient (Wildman–Crippen LogP) is 5.06. The molecule has 0 aliphatic heterocycles. The summed E-state index contributed by atoms with van der Waals surface area (Å²) in [5.74, 6) is -2.07. The second-order valence-corrected chi connectivity index (χ2v) is 19.7. The molecule has 0 saturated heterocycles. The minimum Gasteiger partial charge on any atom is -0.329 e. The van der Waals surface area contributed by atoms with E-state index >= 15 is 0 Å². The second-order valence-electron chi connectivity index (χ2n) is 4.71. The van der Waals surface area contributed by atoms with Gasteiger partial charge in [-0.2, -0.15) is 0 Å². The highest BCUT2D eigenvalue weighted by Crippen LogP contribution is 2.61. The number of hydrogen-bond donors (Lipinski definition) is 1. The van der Waals surface area contributed by atoms with Gasteiger partial charge in [0.25, 0.3) is 0 Å². The minimum absolute atomic E-state index is 0.577. The highest BCUT2D eigenvalue weighted by molar-refractivity contribution is 9.02. The van der Waals surface area contributed by atoms with E-state index in [2.05, 4.69) is 13.8 Å². The van der Waals surface area contributed by atoms with Crippen LogP contribution in [0.15, 0.2) is 0 Å².